The molecule has 1 aromatic carbocycles. The zero-order valence-corrected chi connectivity index (χ0v) is 11.8. The largest absolute Gasteiger partial charge is 0.353 e. The molecule has 4 heteroatoms. The van der Waals surface area contributed by atoms with E-state index in [2.05, 4.69) is 11.4 Å². The number of nitrogens with one attached hydrogen (secondary N) is 1. The van der Waals surface area contributed by atoms with Gasteiger partial charge in [0, 0.05) is 12.6 Å². The first-order chi connectivity index (χ1) is 9.06. The molecular weight excluding hydrogens is 238 g/mol. The molecule has 1 rings (SSSR count). The van der Waals surface area contributed by atoms with Gasteiger partial charge in [-0.1, -0.05) is 25.1 Å². The van der Waals surface area contributed by atoms with Gasteiger partial charge in [-0.25, -0.2) is 0 Å². The van der Waals surface area contributed by atoms with Gasteiger partial charge in [0.1, 0.15) is 0 Å². The average Bonchev–Trinajstić information content (AvgIpc) is 2.37. The molecule has 0 spiro atoms. The van der Waals surface area contributed by atoms with Crippen LogP contribution in [0.2, 0.25) is 0 Å². The number of carbonyl (C=O) groups is 1. The van der Waals surface area contributed by atoms with Gasteiger partial charge in [-0.15, -0.1) is 0 Å². The fourth-order valence-electron chi connectivity index (χ4n) is 1.86. The minimum Gasteiger partial charge on any atom is -0.353 e. The van der Waals surface area contributed by atoms with E-state index >= 15 is 0 Å². The van der Waals surface area contributed by atoms with Crippen LogP contribution < -0.4 is 5.32 Å². The molecule has 0 radical (unpaired) electrons. The van der Waals surface area contributed by atoms with Crippen molar-refractivity contribution in [1.82, 2.24) is 10.2 Å². The van der Waals surface area contributed by atoms with Gasteiger partial charge in [-0.3, -0.25) is 9.69 Å². The van der Waals surface area contributed by atoms with Gasteiger partial charge >= 0.3 is 0 Å². The van der Waals surface area contributed by atoms with Gasteiger partial charge in [0.2, 0.25) is 5.91 Å². The van der Waals surface area contributed by atoms with E-state index < -0.39 is 0 Å². The number of benzene rings is 1. The van der Waals surface area contributed by atoms with Crippen molar-refractivity contribution in [1.29, 1.82) is 5.26 Å². The number of rotatable bonds is 6. The molecular formula is C15H21N3O. The molecule has 0 aliphatic rings. The molecule has 0 aliphatic carbocycles. The number of hydrogen-bond donors (Lipinski definition) is 1. The lowest BCUT2D eigenvalue weighted by Crippen LogP contribution is -2.39. The van der Waals surface area contributed by atoms with E-state index in [1.54, 1.807) is 6.07 Å². The number of likely N-dealkylation sites (N-methyl/N-ethyl adjacent to an activating group) is 1. The summed E-state index contributed by atoms with van der Waals surface area (Å²) in [5.41, 5.74) is 1.63. The summed E-state index contributed by atoms with van der Waals surface area (Å²) in [5, 5.41) is 11.9. The Balaban J connectivity index is 2.67. The van der Waals surface area contributed by atoms with Crippen molar-refractivity contribution in [3.05, 3.63) is 35.4 Å². The highest BCUT2D eigenvalue weighted by atomic mass is 16.2. The van der Waals surface area contributed by atoms with Crippen LogP contribution in [0.15, 0.2) is 24.3 Å². The normalized spacial score (nSPS) is 10.5. The maximum absolute atomic E-state index is 11.7. The lowest BCUT2D eigenvalue weighted by Gasteiger charge is -2.21. The second-order valence-corrected chi connectivity index (χ2v) is 4.79. The summed E-state index contributed by atoms with van der Waals surface area (Å²) in [4.78, 5) is 13.8. The van der Waals surface area contributed by atoms with Crippen LogP contribution in [0.25, 0.3) is 0 Å². The van der Waals surface area contributed by atoms with Gasteiger partial charge in [0.25, 0.3) is 0 Å². The van der Waals surface area contributed by atoms with E-state index in [9.17, 15) is 4.79 Å². The topological polar surface area (TPSA) is 56.1 Å². The first-order valence-electron chi connectivity index (χ1n) is 6.56. The monoisotopic (exact) mass is 259 g/mol. The summed E-state index contributed by atoms with van der Waals surface area (Å²) in [6, 6.07) is 9.83. The smallest absolute Gasteiger partial charge is 0.234 e. The molecule has 0 unspecified atom stereocenters. The third kappa shape index (κ3) is 5.11. The molecule has 0 fully saturated rings. The predicted molar refractivity (Wildman–Crippen MR) is 75.4 cm³/mol. The Bertz CT molecular complexity index is 463. The quantitative estimate of drug-likeness (QED) is 0.849. The van der Waals surface area contributed by atoms with Gasteiger partial charge < -0.3 is 5.32 Å². The Kier molecular flexibility index (Phi) is 6.04. The number of nitrogens with zero attached hydrogens (tertiary/aromatic N) is 2. The fraction of sp³-hybridized carbons (Fsp3) is 0.467. The molecule has 0 bridgehead atoms. The van der Waals surface area contributed by atoms with E-state index in [0.717, 1.165) is 12.1 Å². The Morgan fingerprint density at radius 3 is 2.68 bits per heavy atom. The molecule has 102 valence electrons. The maximum atomic E-state index is 11.7. The number of carbonyl (C=O) groups excluding carboxylic acids is 1. The van der Waals surface area contributed by atoms with Crippen molar-refractivity contribution in [3.8, 4) is 6.07 Å². The Labute approximate surface area is 115 Å². The summed E-state index contributed by atoms with van der Waals surface area (Å²) in [6.07, 6.45) is 0. The lowest BCUT2D eigenvalue weighted by molar-refractivity contribution is -0.122. The van der Waals surface area contributed by atoms with E-state index in [1.807, 2.05) is 43.9 Å². The molecule has 0 saturated carbocycles. The van der Waals surface area contributed by atoms with Crippen LogP contribution in [-0.2, 0) is 11.3 Å². The lowest BCUT2D eigenvalue weighted by atomic mass is 10.1. The van der Waals surface area contributed by atoms with Crippen molar-refractivity contribution in [3.63, 3.8) is 0 Å². The first-order valence-corrected chi connectivity index (χ1v) is 6.56. The molecule has 19 heavy (non-hydrogen) atoms. The van der Waals surface area contributed by atoms with Crippen LogP contribution in [0.3, 0.4) is 0 Å². The molecule has 4 nitrogen and oxygen atoms in total. The van der Waals surface area contributed by atoms with Crippen molar-refractivity contribution in [2.45, 2.75) is 33.4 Å². The highest BCUT2D eigenvalue weighted by Crippen LogP contribution is 2.10. The summed E-state index contributed by atoms with van der Waals surface area (Å²) in [5.74, 6) is 0.0197. The average molecular weight is 259 g/mol. The van der Waals surface area contributed by atoms with E-state index in [0.29, 0.717) is 18.7 Å². The highest BCUT2D eigenvalue weighted by molar-refractivity contribution is 5.78. The third-order valence-electron chi connectivity index (χ3n) is 2.80. The van der Waals surface area contributed by atoms with Crippen molar-refractivity contribution >= 4 is 5.91 Å². The number of hydrogen-bond acceptors (Lipinski definition) is 3. The second-order valence-electron chi connectivity index (χ2n) is 4.79. The van der Waals surface area contributed by atoms with Gasteiger partial charge in [0.15, 0.2) is 0 Å². The molecule has 1 amide bonds. The standard InChI is InChI=1S/C15H21N3O/c1-4-18(11-15(19)17-12(2)3)10-14-8-6-5-7-13(14)9-16/h5-8,12H,4,10-11H2,1-3H3,(H,17,19). The zero-order valence-electron chi connectivity index (χ0n) is 11.8. The summed E-state index contributed by atoms with van der Waals surface area (Å²) in [6.45, 7) is 7.64. The van der Waals surface area contributed by atoms with E-state index in [1.165, 1.54) is 0 Å². The summed E-state index contributed by atoms with van der Waals surface area (Å²) in [7, 11) is 0. The summed E-state index contributed by atoms with van der Waals surface area (Å²) < 4.78 is 0. The van der Waals surface area contributed by atoms with E-state index in [-0.39, 0.29) is 11.9 Å². The van der Waals surface area contributed by atoms with Crippen LogP contribution in [0, 0.1) is 11.3 Å². The van der Waals surface area contributed by atoms with Crippen LogP contribution in [-0.4, -0.2) is 29.9 Å². The van der Waals surface area contributed by atoms with Crippen LogP contribution in [0.1, 0.15) is 31.9 Å². The Hall–Kier alpha value is -1.86. The second kappa shape index (κ2) is 7.55. The molecule has 0 heterocycles. The predicted octanol–water partition coefficient (Wildman–Crippen LogP) is 1.90. The number of amides is 1. The van der Waals surface area contributed by atoms with Crippen molar-refractivity contribution in [2.24, 2.45) is 0 Å². The Morgan fingerprint density at radius 1 is 1.42 bits per heavy atom. The van der Waals surface area contributed by atoms with Crippen molar-refractivity contribution < 1.29 is 4.79 Å². The van der Waals surface area contributed by atoms with Gasteiger partial charge in [-0.2, -0.15) is 5.26 Å². The number of nitriles is 1. The van der Waals surface area contributed by atoms with Gasteiger partial charge in [0.05, 0.1) is 18.2 Å². The minimum absolute atomic E-state index is 0.0197. The highest BCUT2D eigenvalue weighted by Gasteiger charge is 2.12. The van der Waals surface area contributed by atoms with Gasteiger partial charge in [-0.05, 0) is 32.0 Å². The van der Waals surface area contributed by atoms with Crippen molar-refractivity contribution in [2.75, 3.05) is 13.1 Å². The SMILES string of the molecule is CCN(CC(=O)NC(C)C)Cc1ccccc1C#N. The fourth-order valence-corrected chi connectivity index (χ4v) is 1.86. The Morgan fingerprint density at radius 2 is 2.11 bits per heavy atom. The molecule has 1 N–H and O–H groups in total. The van der Waals surface area contributed by atoms with Crippen LogP contribution in [0.5, 0.6) is 0 Å². The van der Waals surface area contributed by atoms with Crippen LogP contribution >= 0.6 is 0 Å². The van der Waals surface area contributed by atoms with Crippen LogP contribution in [0.4, 0.5) is 0 Å². The molecule has 0 saturated heterocycles. The first kappa shape index (κ1) is 15.2. The molecule has 0 aliphatic heterocycles. The maximum Gasteiger partial charge on any atom is 0.234 e. The third-order valence-corrected chi connectivity index (χ3v) is 2.80. The minimum atomic E-state index is 0.0197. The molecule has 0 atom stereocenters. The van der Waals surface area contributed by atoms with E-state index in [4.69, 9.17) is 5.26 Å². The summed E-state index contributed by atoms with van der Waals surface area (Å²) >= 11 is 0. The zero-order chi connectivity index (χ0) is 14.3. The molecule has 0 aromatic heterocycles. The molecule has 1 aromatic rings.